The number of rotatable bonds is 4. The minimum absolute atomic E-state index is 0.0746. The molecular formula is C16H19NO2S. The summed E-state index contributed by atoms with van der Waals surface area (Å²) in [5.74, 6) is 2.06. The van der Waals surface area contributed by atoms with Crippen molar-refractivity contribution in [1.29, 1.82) is 0 Å². The maximum atomic E-state index is 11.6. The lowest BCUT2D eigenvalue weighted by molar-refractivity contribution is 0.599. The van der Waals surface area contributed by atoms with Crippen LogP contribution in [0.1, 0.15) is 19.4 Å². The van der Waals surface area contributed by atoms with E-state index in [1.165, 1.54) is 0 Å². The van der Waals surface area contributed by atoms with Crippen LogP contribution in [-0.4, -0.2) is 24.9 Å². The van der Waals surface area contributed by atoms with E-state index in [4.69, 9.17) is 6.42 Å². The number of para-hydroxylation sites is 1. The molecule has 0 radical (unpaired) electrons. The van der Waals surface area contributed by atoms with Gasteiger partial charge in [-0.2, -0.15) is 0 Å². The molecule has 1 aromatic carbocycles. The van der Waals surface area contributed by atoms with Gasteiger partial charge in [0.1, 0.15) is 5.75 Å². The van der Waals surface area contributed by atoms with Crippen LogP contribution in [-0.2, 0) is 16.3 Å². The average molecular weight is 289 g/mol. The van der Waals surface area contributed by atoms with Crippen LogP contribution in [0, 0.1) is 12.3 Å². The first-order valence-electron chi connectivity index (χ1n) is 6.59. The second kappa shape index (κ2) is 7.66. The van der Waals surface area contributed by atoms with E-state index >= 15 is 0 Å². The van der Waals surface area contributed by atoms with Crippen molar-refractivity contribution in [2.24, 2.45) is 0 Å². The van der Waals surface area contributed by atoms with E-state index in [1.54, 1.807) is 6.20 Å². The van der Waals surface area contributed by atoms with Crippen molar-refractivity contribution < 1.29 is 8.42 Å². The number of aryl methyl sites for hydroxylation is 1. The smallest absolute Gasteiger partial charge is 0.161 e. The quantitative estimate of drug-likeness (QED) is 0.813. The van der Waals surface area contributed by atoms with E-state index in [0.717, 1.165) is 16.5 Å². The van der Waals surface area contributed by atoms with Gasteiger partial charge >= 0.3 is 0 Å². The van der Waals surface area contributed by atoms with Crippen molar-refractivity contribution in [2.45, 2.75) is 20.3 Å². The van der Waals surface area contributed by atoms with Crippen LogP contribution >= 0.6 is 0 Å². The highest BCUT2D eigenvalue weighted by atomic mass is 32.2. The molecule has 0 aliphatic carbocycles. The Kier molecular flexibility index (Phi) is 6.20. The van der Waals surface area contributed by atoms with Gasteiger partial charge in [-0.3, -0.25) is 4.98 Å². The normalized spacial score (nSPS) is 10.4. The lowest BCUT2D eigenvalue weighted by Gasteiger charge is -2.05. The SMILES string of the molecule is C#CCS(=O)(=O)CCc1ccnc2ccccc12.CC. The van der Waals surface area contributed by atoms with Gasteiger partial charge in [0.15, 0.2) is 9.84 Å². The van der Waals surface area contributed by atoms with Crippen molar-refractivity contribution in [3.63, 3.8) is 0 Å². The zero-order valence-corrected chi connectivity index (χ0v) is 12.7. The van der Waals surface area contributed by atoms with E-state index in [9.17, 15) is 8.42 Å². The molecule has 1 heterocycles. The molecule has 0 saturated heterocycles. The van der Waals surface area contributed by atoms with Gasteiger partial charge in [-0.15, -0.1) is 6.42 Å². The number of terminal acetylenes is 1. The summed E-state index contributed by atoms with van der Waals surface area (Å²) in [5, 5.41) is 0.996. The first kappa shape index (κ1) is 16.2. The lowest BCUT2D eigenvalue weighted by atomic mass is 10.1. The van der Waals surface area contributed by atoms with Gasteiger partial charge in [-0.05, 0) is 24.1 Å². The maximum Gasteiger partial charge on any atom is 0.161 e. The second-order valence-electron chi connectivity index (χ2n) is 4.03. The zero-order chi connectivity index (χ0) is 15.0. The summed E-state index contributed by atoms with van der Waals surface area (Å²) in [7, 11) is -3.16. The third-order valence-corrected chi connectivity index (χ3v) is 4.16. The number of nitrogens with zero attached hydrogens (tertiary/aromatic N) is 1. The first-order valence-corrected chi connectivity index (χ1v) is 8.41. The fraction of sp³-hybridized carbons (Fsp3) is 0.312. The highest BCUT2D eigenvalue weighted by Crippen LogP contribution is 2.17. The van der Waals surface area contributed by atoms with Gasteiger partial charge in [0.2, 0.25) is 0 Å². The van der Waals surface area contributed by atoms with Gasteiger partial charge in [0, 0.05) is 11.6 Å². The van der Waals surface area contributed by atoms with Crippen LogP contribution in [0.15, 0.2) is 36.5 Å². The largest absolute Gasteiger partial charge is 0.256 e. The summed E-state index contributed by atoms with van der Waals surface area (Å²) < 4.78 is 23.2. The molecule has 2 aromatic rings. The molecule has 1 aromatic heterocycles. The fourth-order valence-corrected chi connectivity index (χ4v) is 2.77. The molecular weight excluding hydrogens is 270 g/mol. The third kappa shape index (κ3) is 4.36. The molecule has 0 bridgehead atoms. The Morgan fingerprint density at radius 2 is 1.90 bits per heavy atom. The molecule has 0 amide bonds. The van der Waals surface area contributed by atoms with Crippen LogP contribution in [0.5, 0.6) is 0 Å². The van der Waals surface area contributed by atoms with Gasteiger partial charge in [0.25, 0.3) is 0 Å². The van der Waals surface area contributed by atoms with Gasteiger partial charge in [-0.25, -0.2) is 8.42 Å². The van der Waals surface area contributed by atoms with Gasteiger partial charge in [0.05, 0.1) is 11.3 Å². The van der Waals surface area contributed by atoms with Crippen LogP contribution in [0.25, 0.3) is 10.9 Å². The summed E-state index contributed by atoms with van der Waals surface area (Å²) >= 11 is 0. The number of hydrogen-bond donors (Lipinski definition) is 0. The Morgan fingerprint density at radius 1 is 1.20 bits per heavy atom. The monoisotopic (exact) mass is 289 g/mol. The fourth-order valence-electron chi connectivity index (χ4n) is 1.84. The van der Waals surface area contributed by atoms with Crippen molar-refractivity contribution in [2.75, 3.05) is 11.5 Å². The standard InChI is InChI=1S/C14H13NO2S.C2H6/c1-2-10-18(16,17)11-8-12-7-9-15-14-6-4-3-5-13(12)14;1-2/h1,3-7,9H,8,10-11H2;1-2H3. The van der Waals surface area contributed by atoms with Crippen molar-refractivity contribution >= 4 is 20.7 Å². The topological polar surface area (TPSA) is 47.0 Å². The lowest BCUT2D eigenvalue weighted by Crippen LogP contribution is -2.12. The zero-order valence-electron chi connectivity index (χ0n) is 11.8. The summed E-state index contributed by atoms with van der Waals surface area (Å²) in [6.07, 6.45) is 7.20. The maximum absolute atomic E-state index is 11.6. The van der Waals surface area contributed by atoms with Crippen molar-refractivity contribution in [3.05, 3.63) is 42.1 Å². The Labute approximate surface area is 121 Å². The Balaban J connectivity index is 0.000000956. The van der Waals surface area contributed by atoms with E-state index in [0.29, 0.717) is 6.42 Å². The highest BCUT2D eigenvalue weighted by Gasteiger charge is 2.10. The summed E-state index contributed by atoms with van der Waals surface area (Å²) in [4.78, 5) is 4.24. The minimum Gasteiger partial charge on any atom is -0.256 e. The average Bonchev–Trinajstić information content (AvgIpc) is 2.47. The van der Waals surface area contributed by atoms with Crippen LogP contribution in [0.4, 0.5) is 0 Å². The molecule has 4 heteroatoms. The molecule has 0 fully saturated rings. The molecule has 106 valence electrons. The number of benzene rings is 1. The molecule has 0 atom stereocenters. The molecule has 0 saturated carbocycles. The molecule has 2 rings (SSSR count). The summed E-state index contributed by atoms with van der Waals surface area (Å²) in [6, 6.07) is 9.55. The van der Waals surface area contributed by atoms with E-state index < -0.39 is 9.84 Å². The predicted molar refractivity (Wildman–Crippen MR) is 84.3 cm³/mol. The number of sulfone groups is 1. The molecule has 0 N–H and O–H groups in total. The Hall–Kier alpha value is -1.86. The molecule has 0 spiro atoms. The number of fused-ring (bicyclic) bond motifs is 1. The number of aromatic nitrogens is 1. The highest BCUT2D eigenvalue weighted by molar-refractivity contribution is 7.91. The Morgan fingerprint density at radius 3 is 2.60 bits per heavy atom. The Bertz CT molecular complexity index is 694. The second-order valence-corrected chi connectivity index (χ2v) is 6.22. The van der Waals surface area contributed by atoms with E-state index in [1.807, 2.05) is 44.2 Å². The minimum atomic E-state index is -3.16. The molecule has 3 nitrogen and oxygen atoms in total. The van der Waals surface area contributed by atoms with Gasteiger partial charge < -0.3 is 0 Å². The van der Waals surface area contributed by atoms with Crippen LogP contribution in [0.3, 0.4) is 0 Å². The van der Waals surface area contributed by atoms with Crippen molar-refractivity contribution in [1.82, 2.24) is 4.98 Å². The number of hydrogen-bond acceptors (Lipinski definition) is 3. The van der Waals surface area contributed by atoms with Crippen molar-refractivity contribution in [3.8, 4) is 12.3 Å². The van der Waals surface area contributed by atoms with E-state index in [2.05, 4.69) is 10.9 Å². The van der Waals surface area contributed by atoms with Crippen LogP contribution < -0.4 is 0 Å². The molecule has 20 heavy (non-hydrogen) atoms. The van der Waals surface area contributed by atoms with E-state index in [-0.39, 0.29) is 11.5 Å². The van der Waals surface area contributed by atoms with Gasteiger partial charge in [-0.1, -0.05) is 38.0 Å². The molecule has 0 aliphatic rings. The third-order valence-electron chi connectivity index (χ3n) is 2.72. The van der Waals surface area contributed by atoms with Crippen LogP contribution in [0.2, 0.25) is 0 Å². The summed E-state index contributed by atoms with van der Waals surface area (Å²) in [5.41, 5.74) is 1.87. The first-order chi connectivity index (χ1) is 9.62. The number of pyridine rings is 1. The predicted octanol–water partition coefficient (Wildman–Crippen LogP) is 2.85. The summed E-state index contributed by atoms with van der Waals surface area (Å²) in [6.45, 7) is 4.00. The molecule has 0 aliphatic heterocycles. The molecule has 0 unspecified atom stereocenters.